The fourth-order valence-electron chi connectivity index (χ4n) is 2.24. The van der Waals surface area contributed by atoms with Crippen molar-refractivity contribution in [1.82, 2.24) is 0 Å². The van der Waals surface area contributed by atoms with E-state index in [1.54, 1.807) is 0 Å². The molecule has 1 unspecified atom stereocenters. The zero-order valence-electron chi connectivity index (χ0n) is 12.2. The Balaban J connectivity index is 2.15. The second-order valence-electron chi connectivity index (χ2n) is 6.03. The summed E-state index contributed by atoms with van der Waals surface area (Å²) in [6.07, 6.45) is 1.30. The van der Waals surface area contributed by atoms with Crippen LogP contribution in [0.1, 0.15) is 32.8 Å². The molecule has 1 aromatic carbocycles. The van der Waals surface area contributed by atoms with Crippen LogP contribution in [0.2, 0.25) is 0 Å². The quantitative estimate of drug-likeness (QED) is 0.778. The van der Waals surface area contributed by atoms with E-state index in [9.17, 15) is 9.90 Å². The van der Waals surface area contributed by atoms with Gasteiger partial charge in [0.15, 0.2) is 0 Å². The summed E-state index contributed by atoms with van der Waals surface area (Å²) in [5.41, 5.74) is 2.18. The first-order valence-electron chi connectivity index (χ1n) is 6.88. The Bertz CT molecular complexity index is 494. The zero-order valence-corrected chi connectivity index (χ0v) is 12.2. The van der Waals surface area contributed by atoms with Gasteiger partial charge in [0.25, 0.3) is 0 Å². The van der Waals surface area contributed by atoms with E-state index in [1.807, 2.05) is 39.0 Å². The number of ether oxygens (including phenoxy) is 1. The van der Waals surface area contributed by atoms with Gasteiger partial charge in [0, 0.05) is 6.04 Å². The monoisotopic (exact) mass is 278 g/mol. The predicted molar refractivity (Wildman–Crippen MR) is 79.1 cm³/mol. The number of fused-ring (bicyclic) bond motifs is 1. The van der Waals surface area contributed by atoms with Crippen molar-refractivity contribution in [1.29, 1.82) is 0 Å². The van der Waals surface area contributed by atoms with Crippen LogP contribution in [0.25, 0.3) is 0 Å². The molecule has 0 bridgehead atoms. The number of aryl methyl sites for hydroxylation is 1. The molecule has 0 saturated heterocycles. The van der Waals surface area contributed by atoms with Crippen molar-refractivity contribution in [3.8, 4) is 0 Å². The molecule has 1 aliphatic heterocycles. The van der Waals surface area contributed by atoms with Crippen molar-refractivity contribution >= 4 is 17.5 Å². The Morgan fingerprint density at radius 2 is 2.25 bits per heavy atom. The van der Waals surface area contributed by atoms with Gasteiger partial charge in [0.05, 0.1) is 18.0 Å². The number of aliphatic hydroxyl groups excluding tert-OH is 1. The maximum Gasteiger partial charge on any atom is 0.412 e. The molecule has 1 aromatic rings. The van der Waals surface area contributed by atoms with Crippen LogP contribution < -0.4 is 10.6 Å². The van der Waals surface area contributed by atoms with E-state index in [2.05, 4.69) is 10.6 Å². The minimum Gasteiger partial charge on any atom is -0.444 e. The average Bonchev–Trinajstić information content (AvgIpc) is 2.36. The molecule has 1 aliphatic rings. The molecule has 0 saturated carbocycles. The zero-order chi connectivity index (χ0) is 14.8. The molecule has 5 heteroatoms. The van der Waals surface area contributed by atoms with Crippen molar-refractivity contribution in [2.45, 2.75) is 45.3 Å². The first-order valence-corrected chi connectivity index (χ1v) is 6.88. The highest BCUT2D eigenvalue weighted by Gasteiger charge is 2.22. The number of rotatable bonds is 2. The van der Waals surface area contributed by atoms with Crippen molar-refractivity contribution in [3.05, 3.63) is 23.8 Å². The van der Waals surface area contributed by atoms with Crippen LogP contribution in [0, 0.1) is 0 Å². The number of amides is 1. The van der Waals surface area contributed by atoms with Gasteiger partial charge in [0.2, 0.25) is 0 Å². The molecule has 110 valence electrons. The number of para-hydroxylation sites is 1. The van der Waals surface area contributed by atoms with Gasteiger partial charge in [-0.05, 0) is 45.2 Å². The Morgan fingerprint density at radius 3 is 2.90 bits per heavy atom. The second-order valence-corrected chi connectivity index (χ2v) is 6.03. The van der Waals surface area contributed by atoms with Crippen LogP contribution in [0.15, 0.2) is 18.2 Å². The van der Waals surface area contributed by atoms with Crippen LogP contribution >= 0.6 is 0 Å². The Hall–Kier alpha value is -1.75. The normalized spacial score (nSPS) is 17.9. The molecule has 5 nitrogen and oxygen atoms in total. The summed E-state index contributed by atoms with van der Waals surface area (Å²) >= 11 is 0. The van der Waals surface area contributed by atoms with E-state index < -0.39 is 11.7 Å². The molecule has 0 aromatic heterocycles. The number of nitrogens with one attached hydrogen (secondary N) is 2. The Kier molecular flexibility index (Phi) is 4.18. The summed E-state index contributed by atoms with van der Waals surface area (Å²) in [6, 6.07) is 5.79. The maximum atomic E-state index is 11.9. The van der Waals surface area contributed by atoms with E-state index in [0.29, 0.717) is 5.69 Å². The van der Waals surface area contributed by atoms with Gasteiger partial charge in [0.1, 0.15) is 5.60 Å². The van der Waals surface area contributed by atoms with Gasteiger partial charge in [-0.3, -0.25) is 5.32 Å². The molecule has 1 amide bonds. The third-order valence-electron chi connectivity index (χ3n) is 3.12. The fourth-order valence-corrected chi connectivity index (χ4v) is 2.24. The lowest BCUT2D eigenvalue weighted by atomic mass is 9.97. The van der Waals surface area contributed by atoms with E-state index in [0.717, 1.165) is 24.1 Å². The third-order valence-corrected chi connectivity index (χ3v) is 3.12. The van der Waals surface area contributed by atoms with Gasteiger partial charge in [-0.1, -0.05) is 12.1 Å². The van der Waals surface area contributed by atoms with Crippen molar-refractivity contribution in [3.63, 3.8) is 0 Å². The summed E-state index contributed by atoms with van der Waals surface area (Å²) < 4.78 is 5.26. The van der Waals surface area contributed by atoms with E-state index in [4.69, 9.17) is 4.74 Å². The summed E-state index contributed by atoms with van der Waals surface area (Å²) in [7, 11) is 0. The molecule has 3 N–H and O–H groups in total. The Morgan fingerprint density at radius 1 is 1.50 bits per heavy atom. The largest absolute Gasteiger partial charge is 0.444 e. The van der Waals surface area contributed by atoms with Crippen LogP contribution in [0.3, 0.4) is 0 Å². The minimum absolute atomic E-state index is 0.0316. The first-order chi connectivity index (χ1) is 9.39. The number of hydrogen-bond acceptors (Lipinski definition) is 4. The van der Waals surface area contributed by atoms with Crippen LogP contribution in [0.5, 0.6) is 0 Å². The third kappa shape index (κ3) is 3.63. The van der Waals surface area contributed by atoms with E-state index in [1.165, 1.54) is 0 Å². The van der Waals surface area contributed by atoms with Gasteiger partial charge < -0.3 is 15.2 Å². The lowest BCUT2D eigenvalue weighted by Crippen LogP contribution is -2.31. The molecule has 2 rings (SSSR count). The average molecular weight is 278 g/mol. The smallest absolute Gasteiger partial charge is 0.412 e. The number of aliphatic hydroxyl groups is 1. The lowest BCUT2D eigenvalue weighted by molar-refractivity contribution is 0.0636. The van der Waals surface area contributed by atoms with Crippen LogP contribution in [-0.2, 0) is 11.2 Å². The fraction of sp³-hybridized carbons (Fsp3) is 0.533. The topological polar surface area (TPSA) is 70.6 Å². The first kappa shape index (κ1) is 14.7. The summed E-state index contributed by atoms with van der Waals surface area (Å²) in [6.45, 7) is 5.56. The van der Waals surface area contributed by atoms with Crippen molar-refractivity contribution in [2.75, 3.05) is 17.2 Å². The Labute approximate surface area is 119 Å². The lowest BCUT2D eigenvalue weighted by Gasteiger charge is -2.28. The summed E-state index contributed by atoms with van der Waals surface area (Å²) in [5.74, 6) is 0. The second kappa shape index (κ2) is 5.71. The van der Waals surface area contributed by atoms with Gasteiger partial charge in [-0.25, -0.2) is 4.79 Å². The molecule has 0 radical (unpaired) electrons. The van der Waals surface area contributed by atoms with Crippen molar-refractivity contribution in [2.24, 2.45) is 0 Å². The number of carbonyl (C=O) groups is 1. The van der Waals surface area contributed by atoms with Gasteiger partial charge in [-0.2, -0.15) is 0 Å². The van der Waals surface area contributed by atoms with Crippen LogP contribution in [-0.4, -0.2) is 29.4 Å². The van der Waals surface area contributed by atoms with E-state index >= 15 is 0 Å². The minimum atomic E-state index is -0.528. The molecule has 1 atom stereocenters. The molecular weight excluding hydrogens is 256 g/mol. The highest BCUT2D eigenvalue weighted by Crippen LogP contribution is 2.32. The molecule has 20 heavy (non-hydrogen) atoms. The molecule has 0 aliphatic carbocycles. The number of hydrogen-bond donors (Lipinski definition) is 3. The number of carbonyl (C=O) groups excluding carboxylic acids is 1. The predicted octanol–water partition coefficient (Wildman–Crippen LogP) is 2.75. The summed E-state index contributed by atoms with van der Waals surface area (Å²) in [5, 5.41) is 15.3. The van der Waals surface area contributed by atoms with Crippen LogP contribution in [0.4, 0.5) is 16.2 Å². The molecule has 0 fully saturated rings. The highest BCUT2D eigenvalue weighted by molar-refractivity contribution is 5.90. The number of benzene rings is 1. The SMILES string of the molecule is CC(C)(C)OC(=O)Nc1cccc2c1NC(CO)CC2. The highest BCUT2D eigenvalue weighted by atomic mass is 16.6. The molecule has 0 spiro atoms. The molecular formula is C15H22N2O3. The van der Waals surface area contributed by atoms with Gasteiger partial charge in [-0.15, -0.1) is 0 Å². The van der Waals surface area contributed by atoms with Crippen molar-refractivity contribution < 1.29 is 14.6 Å². The maximum absolute atomic E-state index is 11.9. The van der Waals surface area contributed by atoms with Gasteiger partial charge >= 0.3 is 6.09 Å². The standard InChI is InChI=1S/C15H22N2O3/c1-15(2,3)20-14(19)17-12-6-4-5-10-7-8-11(9-18)16-13(10)12/h4-6,11,16,18H,7-9H2,1-3H3,(H,17,19). The molecule has 1 heterocycles. The summed E-state index contributed by atoms with van der Waals surface area (Å²) in [4.78, 5) is 11.9. The van der Waals surface area contributed by atoms with E-state index in [-0.39, 0.29) is 12.6 Å². The number of anilines is 2.